The van der Waals surface area contributed by atoms with Gasteiger partial charge in [-0.1, -0.05) is 17.7 Å². The van der Waals surface area contributed by atoms with Crippen molar-refractivity contribution in [2.45, 2.75) is 6.92 Å². The fourth-order valence-electron chi connectivity index (χ4n) is 2.31. The van der Waals surface area contributed by atoms with Crippen molar-refractivity contribution in [3.63, 3.8) is 0 Å². The van der Waals surface area contributed by atoms with E-state index in [2.05, 4.69) is 5.32 Å². The molecule has 0 saturated heterocycles. The molecule has 126 valence electrons. The summed E-state index contributed by atoms with van der Waals surface area (Å²) in [6, 6.07) is 15.1. The molecule has 0 spiro atoms. The Kier molecular flexibility index (Phi) is 4.54. The molecule has 0 radical (unpaired) electrons. The van der Waals surface area contributed by atoms with Crippen molar-refractivity contribution < 1.29 is 19.8 Å². The van der Waals surface area contributed by atoms with Gasteiger partial charge in [0.25, 0.3) is 5.91 Å². The van der Waals surface area contributed by atoms with E-state index in [0.29, 0.717) is 10.4 Å². The van der Waals surface area contributed by atoms with E-state index in [4.69, 9.17) is 0 Å². The van der Waals surface area contributed by atoms with Crippen LogP contribution in [-0.2, 0) is 0 Å². The van der Waals surface area contributed by atoms with Crippen molar-refractivity contribution in [2.75, 3.05) is 5.32 Å². The predicted molar refractivity (Wildman–Crippen MR) is 97.5 cm³/mol. The largest absolute Gasteiger partial charge is 0.508 e. The molecule has 0 atom stereocenters. The maximum absolute atomic E-state index is 12.4. The zero-order valence-electron chi connectivity index (χ0n) is 13.3. The quantitative estimate of drug-likeness (QED) is 0.650. The molecule has 0 aliphatic heterocycles. The number of carbonyl (C=O) groups excluding carboxylic acids is 1. The van der Waals surface area contributed by atoms with Crippen LogP contribution in [0.5, 0.6) is 5.75 Å². The summed E-state index contributed by atoms with van der Waals surface area (Å²) >= 11 is 1.07. The minimum Gasteiger partial charge on any atom is -0.508 e. The molecule has 3 N–H and O–H groups in total. The normalized spacial score (nSPS) is 10.4. The second-order valence-corrected chi connectivity index (χ2v) is 6.58. The van der Waals surface area contributed by atoms with Crippen molar-refractivity contribution in [1.29, 1.82) is 0 Å². The first-order valence-electron chi connectivity index (χ1n) is 7.48. The molecule has 0 fully saturated rings. The fourth-order valence-corrected chi connectivity index (χ4v) is 3.27. The first kappa shape index (κ1) is 16.7. The summed E-state index contributed by atoms with van der Waals surface area (Å²) in [6.07, 6.45) is 0. The van der Waals surface area contributed by atoms with Crippen LogP contribution in [0.4, 0.5) is 5.69 Å². The van der Waals surface area contributed by atoms with E-state index < -0.39 is 5.97 Å². The number of carbonyl (C=O) groups is 2. The standard InChI is InChI=1S/C19H15NO4S/c1-11-2-4-13(5-3-11)18(22)20-15-10-16(25-17(15)19(23)24)12-6-8-14(21)9-7-12/h2-10,21H,1H3,(H,20,22)(H,23,24). The molecule has 0 saturated carbocycles. The van der Waals surface area contributed by atoms with Gasteiger partial charge < -0.3 is 15.5 Å². The van der Waals surface area contributed by atoms with Crippen LogP contribution < -0.4 is 5.32 Å². The number of hydrogen-bond acceptors (Lipinski definition) is 4. The zero-order chi connectivity index (χ0) is 18.0. The minimum atomic E-state index is -1.10. The van der Waals surface area contributed by atoms with Crippen LogP contribution in [-0.4, -0.2) is 22.1 Å². The maximum atomic E-state index is 12.4. The molecular formula is C19H15NO4S. The average Bonchev–Trinajstić information content (AvgIpc) is 3.00. The Balaban J connectivity index is 1.92. The number of carboxylic acids is 1. The average molecular weight is 353 g/mol. The summed E-state index contributed by atoms with van der Waals surface area (Å²) in [5, 5.41) is 21.4. The number of phenols is 1. The molecule has 1 aromatic heterocycles. The summed E-state index contributed by atoms with van der Waals surface area (Å²) in [5.74, 6) is -1.33. The molecule has 6 heteroatoms. The Hall–Kier alpha value is -3.12. The third-order valence-electron chi connectivity index (χ3n) is 3.64. The SMILES string of the molecule is Cc1ccc(C(=O)Nc2cc(-c3ccc(O)cc3)sc2C(=O)O)cc1. The summed E-state index contributed by atoms with van der Waals surface area (Å²) in [5.41, 5.74) is 2.51. The van der Waals surface area contributed by atoms with Crippen molar-refractivity contribution in [3.05, 3.63) is 70.6 Å². The summed E-state index contributed by atoms with van der Waals surface area (Å²) < 4.78 is 0. The first-order chi connectivity index (χ1) is 11.9. The van der Waals surface area contributed by atoms with Gasteiger partial charge in [-0.2, -0.15) is 0 Å². The van der Waals surface area contributed by atoms with E-state index in [1.807, 2.05) is 19.1 Å². The Morgan fingerprint density at radius 1 is 1.00 bits per heavy atom. The lowest BCUT2D eigenvalue weighted by Gasteiger charge is -2.04. The molecule has 1 amide bonds. The molecule has 3 rings (SSSR count). The van der Waals surface area contributed by atoms with Crippen molar-refractivity contribution >= 4 is 28.9 Å². The van der Waals surface area contributed by atoms with Crippen molar-refractivity contribution in [3.8, 4) is 16.2 Å². The smallest absolute Gasteiger partial charge is 0.348 e. The van der Waals surface area contributed by atoms with Crippen LogP contribution in [0.15, 0.2) is 54.6 Å². The van der Waals surface area contributed by atoms with Gasteiger partial charge in [0.1, 0.15) is 10.6 Å². The minimum absolute atomic E-state index is 0.0588. The molecule has 0 unspecified atom stereocenters. The van der Waals surface area contributed by atoms with Crippen LogP contribution in [0.2, 0.25) is 0 Å². The number of hydrogen-bond donors (Lipinski definition) is 3. The summed E-state index contributed by atoms with van der Waals surface area (Å²) in [7, 11) is 0. The van der Waals surface area contributed by atoms with Gasteiger partial charge in [0.2, 0.25) is 0 Å². The molecule has 25 heavy (non-hydrogen) atoms. The highest BCUT2D eigenvalue weighted by Gasteiger charge is 2.18. The molecule has 5 nitrogen and oxygen atoms in total. The number of anilines is 1. The molecular weight excluding hydrogens is 338 g/mol. The lowest BCUT2D eigenvalue weighted by molar-refractivity contribution is 0.0703. The van der Waals surface area contributed by atoms with Crippen LogP contribution >= 0.6 is 11.3 Å². The summed E-state index contributed by atoms with van der Waals surface area (Å²) in [4.78, 5) is 24.6. The molecule has 0 aliphatic rings. The second kappa shape index (κ2) is 6.78. The molecule has 0 aliphatic carbocycles. The number of aryl methyl sites for hydroxylation is 1. The van der Waals surface area contributed by atoms with Gasteiger partial charge in [0, 0.05) is 10.4 Å². The third kappa shape index (κ3) is 3.70. The van der Waals surface area contributed by atoms with E-state index in [-0.39, 0.29) is 22.2 Å². The van der Waals surface area contributed by atoms with E-state index in [9.17, 15) is 19.8 Å². The number of thiophene rings is 1. The van der Waals surface area contributed by atoms with Crippen LogP contribution in [0.3, 0.4) is 0 Å². The monoisotopic (exact) mass is 353 g/mol. The Labute approximate surface area is 148 Å². The predicted octanol–water partition coefficient (Wildman–Crippen LogP) is 4.38. The molecule has 1 heterocycles. The van der Waals surface area contributed by atoms with E-state index in [1.54, 1.807) is 30.3 Å². The van der Waals surface area contributed by atoms with E-state index in [1.165, 1.54) is 12.1 Å². The maximum Gasteiger partial charge on any atom is 0.348 e. The van der Waals surface area contributed by atoms with Gasteiger partial charge in [-0.25, -0.2) is 4.79 Å². The van der Waals surface area contributed by atoms with Gasteiger partial charge in [-0.15, -0.1) is 11.3 Å². The molecule has 3 aromatic rings. The topological polar surface area (TPSA) is 86.6 Å². The highest BCUT2D eigenvalue weighted by Crippen LogP contribution is 2.35. The number of carboxylic acid groups (broad SMARTS) is 1. The number of nitrogens with one attached hydrogen (secondary N) is 1. The van der Waals surface area contributed by atoms with Gasteiger partial charge in [0.05, 0.1) is 5.69 Å². The Bertz CT molecular complexity index is 927. The van der Waals surface area contributed by atoms with Crippen molar-refractivity contribution in [1.82, 2.24) is 0 Å². The van der Waals surface area contributed by atoms with E-state index >= 15 is 0 Å². The lowest BCUT2D eigenvalue weighted by atomic mass is 10.1. The van der Waals surface area contributed by atoms with E-state index in [0.717, 1.165) is 22.5 Å². The Morgan fingerprint density at radius 3 is 2.24 bits per heavy atom. The number of benzene rings is 2. The number of amides is 1. The third-order valence-corrected chi connectivity index (χ3v) is 4.81. The Morgan fingerprint density at radius 2 is 1.64 bits per heavy atom. The first-order valence-corrected chi connectivity index (χ1v) is 8.30. The fraction of sp³-hybridized carbons (Fsp3) is 0.0526. The number of aromatic hydroxyl groups is 1. The zero-order valence-corrected chi connectivity index (χ0v) is 14.1. The van der Waals surface area contributed by atoms with Gasteiger partial charge in [-0.3, -0.25) is 4.79 Å². The number of rotatable bonds is 4. The molecule has 2 aromatic carbocycles. The van der Waals surface area contributed by atoms with Crippen molar-refractivity contribution in [2.24, 2.45) is 0 Å². The molecule has 0 bridgehead atoms. The lowest BCUT2D eigenvalue weighted by Crippen LogP contribution is -2.13. The second-order valence-electron chi connectivity index (χ2n) is 5.53. The number of phenolic OH excluding ortho intramolecular Hbond substituents is 1. The highest BCUT2D eigenvalue weighted by molar-refractivity contribution is 7.18. The van der Waals surface area contributed by atoms with Crippen LogP contribution in [0.1, 0.15) is 25.6 Å². The van der Waals surface area contributed by atoms with Gasteiger partial charge in [-0.05, 0) is 55.0 Å². The number of aromatic carboxylic acids is 1. The van der Waals surface area contributed by atoms with Gasteiger partial charge >= 0.3 is 5.97 Å². The highest BCUT2D eigenvalue weighted by atomic mass is 32.1. The summed E-state index contributed by atoms with van der Waals surface area (Å²) in [6.45, 7) is 1.92. The van der Waals surface area contributed by atoms with Crippen LogP contribution in [0.25, 0.3) is 10.4 Å². The van der Waals surface area contributed by atoms with Gasteiger partial charge in [0.15, 0.2) is 0 Å². The van der Waals surface area contributed by atoms with Crippen LogP contribution in [0, 0.1) is 6.92 Å².